The van der Waals surface area contributed by atoms with Crippen LogP contribution in [0.1, 0.15) is 16.3 Å². The Morgan fingerprint density at radius 3 is 2.73 bits per heavy atom. The van der Waals surface area contributed by atoms with Crippen molar-refractivity contribution in [1.29, 1.82) is 0 Å². The van der Waals surface area contributed by atoms with Gasteiger partial charge in [0.25, 0.3) is 5.56 Å². The van der Waals surface area contributed by atoms with E-state index in [9.17, 15) is 4.79 Å². The monoisotopic (exact) mass is 470 g/mol. The minimum Gasteiger partial charge on any atom is -0.266 e. The Morgan fingerprint density at radius 2 is 1.94 bits per heavy atom. The van der Waals surface area contributed by atoms with Crippen molar-refractivity contribution in [1.82, 2.24) is 24.3 Å². The molecule has 5 aromatic rings. The van der Waals surface area contributed by atoms with Crippen LogP contribution in [0.5, 0.6) is 0 Å². The fourth-order valence-corrected chi connectivity index (χ4v) is 5.73. The summed E-state index contributed by atoms with van der Waals surface area (Å²) in [6.45, 7) is 0.409. The molecule has 5 heterocycles. The average Bonchev–Trinajstić information content (AvgIpc) is 3.39. The zero-order chi connectivity index (χ0) is 22.2. The van der Waals surface area contributed by atoms with E-state index < -0.39 is 0 Å². The highest BCUT2D eigenvalue weighted by atomic mass is 32.2. The van der Waals surface area contributed by atoms with Gasteiger partial charge >= 0.3 is 0 Å². The van der Waals surface area contributed by atoms with Gasteiger partial charge in [0.05, 0.1) is 17.4 Å². The molecule has 0 saturated heterocycles. The number of nitrogens with zero attached hydrogens (tertiary/aromatic N) is 6. The number of hydrogen-bond acceptors (Lipinski definition) is 7. The van der Waals surface area contributed by atoms with Gasteiger partial charge in [0.2, 0.25) is 0 Å². The van der Waals surface area contributed by atoms with Crippen LogP contribution in [0, 0.1) is 0 Å². The Kier molecular flexibility index (Phi) is 5.12. The van der Waals surface area contributed by atoms with Gasteiger partial charge in [-0.2, -0.15) is 5.10 Å². The van der Waals surface area contributed by atoms with E-state index in [1.54, 1.807) is 41.7 Å². The number of thiazole rings is 1. The Morgan fingerprint density at radius 1 is 1.06 bits per heavy atom. The van der Waals surface area contributed by atoms with Crippen molar-refractivity contribution in [2.45, 2.75) is 13.0 Å². The highest BCUT2D eigenvalue weighted by molar-refractivity contribution is 8.14. The second-order valence-corrected chi connectivity index (χ2v) is 9.63. The molecule has 0 radical (unpaired) electrons. The molecule has 0 fully saturated rings. The summed E-state index contributed by atoms with van der Waals surface area (Å²) < 4.78 is 4.37. The van der Waals surface area contributed by atoms with Crippen molar-refractivity contribution in [2.24, 2.45) is 4.99 Å². The zero-order valence-electron chi connectivity index (χ0n) is 17.5. The van der Waals surface area contributed by atoms with Gasteiger partial charge in [0.1, 0.15) is 10.5 Å². The van der Waals surface area contributed by atoms with Crippen LogP contribution in [0.15, 0.2) is 83.0 Å². The first kappa shape index (κ1) is 20.1. The van der Waals surface area contributed by atoms with Gasteiger partial charge < -0.3 is 0 Å². The van der Waals surface area contributed by atoms with Crippen molar-refractivity contribution in [3.8, 4) is 0 Å². The van der Waals surface area contributed by atoms with Crippen LogP contribution in [-0.4, -0.2) is 35.2 Å². The smallest absolute Gasteiger partial charge is 0.266 e. The predicted octanol–water partition coefficient (Wildman–Crippen LogP) is 4.31. The molecule has 9 heteroatoms. The van der Waals surface area contributed by atoms with E-state index in [0.29, 0.717) is 18.5 Å². The largest absolute Gasteiger partial charge is 0.292 e. The Balaban J connectivity index is 1.54. The van der Waals surface area contributed by atoms with Crippen LogP contribution in [0.3, 0.4) is 0 Å². The molecule has 162 valence electrons. The molecule has 4 aromatic heterocycles. The van der Waals surface area contributed by atoms with Crippen LogP contribution < -0.4 is 5.56 Å². The number of rotatable bonds is 4. The lowest BCUT2D eigenvalue weighted by Crippen LogP contribution is -2.26. The van der Waals surface area contributed by atoms with Crippen LogP contribution in [-0.2, 0) is 13.0 Å². The van der Waals surface area contributed by atoms with Crippen LogP contribution in [0.25, 0.3) is 21.3 Å². The maximum Gasteiger partial charge on any atom is 0.292 e. The topological polar surface area (TPSA) is 78.0 Å². The fraction of sp³-hybridized carbons (Fsp3) is 0.125. The molecule has 6 rings (SSSR count). The maximum atomic E-state index is 13.6. The lowest BCUT2D eigenvalue weighted by atomic mass is 10.2. The van der Waals surface area contributed by atoms with Crippen LogP contribution >= 0.6 is 23.1 Å². The first-order valence-corrected chi connectivity index (χ1v) is 12.3. The van der Waals surface area contributed by atoms with Gasteiger partial charge in [-0.15, -0.1) is 11.3 Å². The third-order valence-electron chi connectivity index (χ3n) is 5.38. The second-order valence-electron chi connectivity index (χ2n) is 7.56. The van der Waals surface area contributed by atoms with E-state index in [2.05, 4.69) is 15.1 Å². The van der Waals surface area contributed by atoms with E-state index >= 15 is 0 Å². The molecule has 0 atom stereocenters. The van der Waals surface area contributed by atoms with Crippen LogP contribution in [0.4, 0.5) is 0 Å². The SMILES string of the molecule is O=c1c2c(cnn1Cc1ccccc1)c1sc(Cc3ccccn3)nc1n2C1=NC=CCS1. The molecule has 1 aliphatic heterocycles. The predicted molar refractivity (Wildman–Crippen MR) is 134 cm³/mol. The summed E-state index contributed by atoms with van der Waals surface area (Å²) in [5, 5.41) is 7.00. The number of hydrogen-bond donors (Lipinski definition) is 0. The van der Waals surface area contributed by atoms with E-state index in [-0.39, 0.29) is 5.56 Å². The van der Waals surface area contributed by atoms with Crippen molar-refractivity contribution in [3.63, 3.8) is 0 Å². The molecule has 1 aromatic carbocycles. The zero-order valence-corrected chi connectivity index (χ0v) is 19.1. The van der Waals surface area contributed by atoms with E-state index in [4.69, 9.17) is 4.98 Å². The summed E-state index contributed by atoms with van der Waals surface area (Å²) in [5.74, 6) is 0.800. The normalized spacial score (nSPS) is 13.6. The number of fused-ring (bicyclic) bond motifs is 3. The highest BCUT2D eigenvalue weighted by Crippen LogP contribution is 2.34. The summed E-state index contributed by atoms with van der Waals surface area (Å²) in [6.07, 6.45) is 8.00. The quantitative estimate of drug-likeness (QED) is 0.391. The molecule has 0 spiro atoms. The summed E-state index contributed by atoms with van der Waals surface area (Å²) in [6, 6.07) is 15.7. The molecule has 33 heavy (non-hydrogen) atoms. The lowest BCUT2D eigenvalue weighted by molar-refractivity contribution is 0.646. The van der Waals surface area contributed by atoms with Gasteiger partial charge in [-0.05, 0) is 17.7 Å². The molecule has 0 N–H and O–H groups in total. The molecular formula is C24H18N6OS2. The van der Waals surface area contributed by atoms with Crippen molar-refractivity contribution in [2.75, 3.05) is 5.75 Å². The van der Waals surface area contributed by atoms with Crippen molar-refractivity contribution in [3.05, 3.63) is 99.8 Å². The van der Waals surface area contributed by atoms with Gasteiger partial charge in [-0.25, -0.2) is 14.7 Å². The fourth-order valence-electron chi connectivity index (χ4n) is 3.88. The Hall–Kier alpha value is -3.56. The Labute approximate surface area is 197 Å². The summed E-state index contributed by atoms with van der Waals surface area (Å²) in [5.41, 5.74) is 3.15. The molecule has 0 bridgehead atoms. The molecule has 0 aliphatic carbocycles. The van der Waals surface area contributed by atoms with E-state index in [0.717, 1.165) is 42.9 Å². The third kappa shape index (κ3) is 3.69. The van der Waals surface area contributed by atoms with Gasteiger partial charge in [0, 0.05) is 35.7 Å². The standard InChI is InChI=1S/C24H18N6OS2/c31-23-20-18(14-27-29(23)15-16-7-2-1-3-8-16)21-22(30(20)24-26-11-6-12-32-24)28-19(33-21)13-17-9-4-5-10-25-17/h1-11,14H,12-13,15H2. The minimum absolute atomic E-state index is 0.148. The number of aromatic nitrogens is 5. The molecule has 1 aliphatic rings. The molecule has 7 nitrogen and oxygen atoms in total. The number of aliphatic imine (C=N–C) groups is 1. The first-order valence-electron chi connectivity index (χ1n) is 10.5. The van der Waals surface area contributed by atoms with Gasteiger partial charge in [-0.3, -0.25) is 14.3 Å². The lowest BCUT2D eigenvalue weighted by Gasteiger charge is -2.11. The maximum absolute atomic E-state index is 13.6. The molecule has 0 unspecified atom stereocenters. The third-order valence-corrected chi connectivity index (χ3v) is 7.36. The number of thioether (sulfide) groups is 1. The van der Waals surface area contributed by atoms with Crippen molar-refractivity contribution >= 4 is 49.5 Å². The van der Waals surface area contributed by atoms with E-state index in [1.165, 1.54) is 4.68 Å². The van der Waals surface area contributed by atoms with Crippen molar-refractivity contribution < 1.29 is 0 Å². The first-order chi connectivity index (χ1) is 16.3. The molecular weight excluding hydrogens is 452 g/mol. The summed E-state index contributed by atoms with van der Waals surface area (Å²) in [7, 11) is 0. The van der Waals surface area contributed by atoms with Gasteiger partial charge in [0.15, 0.2) is 10.8 Å². The van der Waals surface area contributed by atoms with E-state index in [1.807, 2.05) is 59.2 Å². The molecule has 0 amide bonds. The summed E-state index contributed by atoms with van der Waals surface area (Å²) in [4.78, 5) is 27.5. The summed E-state index contributed by atoms with van der Waals surface area (Å²) >= 11 is 3.17. The number of benzene rings is 1. The van der Waals surface area contributed by atoms with Gasteiger partial charge in [-0.1, -0.05) is 54.2 Å². The minimum atomic E-state index is -0.148. The average molecular weight is 471 g/mol. The molecule has 0 saturated carbocycles. The second kappa shape index (κ2) is 8.42. The van der Waals surface area contributed by atoms with Crippen LogP contribution in [0.2, 0.25) is 0 Å². The Bertz CT molecular complexity index is 1580. The highest BCUT2D eigenvalue weighted by Gasteiger charge is 2.23. The number of pyridine rings is 1.